The van der Waals surface area contributed by atoms with Gasteiger partial charge in [0.2, 0.25) is 10.0 Å². The topological polar surface area (TPSA) is 46.2 Å². The quantitative estimate of drug-likeness (QED) is 0.761. The molecule has 0 saturated heterocycles. The Hall–Kier alpha value is 0.200. The second kappa shape index (κ2) is 6.95. The summed E-state index contributed by atoms with van der Waals surface area (Å²) < 4.78 is 26.5. The Balaban J connectivity index is 2.39. The molecule has 0 aliphatic heterocycles. The van der Waals surface area contributed by atoms with Crippen molar-refractivity contribution in [3.05, 3.63) is 0 Å². The second-order valence-corrected chi connectivity index (χ2v) is 7.39. The summed E-state index contributed by atoms with van der Waals surface area (Å²) in [6.07, 6.45) is 5.46. The van der Waals surface area contributed by atoms with Gasteiger partial charge < -0.3 is 0 Å². The van der Waals surface area contributed by atoms with E-state index < -0.39 is 10.0 Å². The third-order valence-corrected chi connectivity index (χ3v) is 5.76. The number of nitrogens with one attached hydrogen (secondary N) is 1. The normalized spacial score (nSPS) is 27.9. The molecule has 0 radical (unpaired) electrons. The molecule has 0 heterocycles. The van der Waals surface area contributed by atoms with E-state index in [1.54, 1.807) is 0 Å². The lowest BCUT2D eigenvalue weighted by molar-refractivity contribution is 0.306. The molecule has 102 valence electrons. The first-order valence-corrected chi connectivity index (χ1v) is 8.71. The van der Waals surface area contributed by atoms with Gasteiger partial charge in [-0.3, -0.25) is 0 Å². The third-order valence-electron chi connectivity index (χ3n) is 3.54. The van der Waals surface area contributed by atoms with Crippen molar-refractivity contribution in [1.82, 2.24) is 4.72 Å². The number of hydrogen-bond donors (Lipinski definition) is 1. The van der Waals surface area contributed by atoms with Crippen LogP contribution in [0.15, 0.2) is 0 Å². The summed E-state index contributed by atoms with van der Waals surface area (Å²) in [5.41, 5.74) is 0. The molecule has 1 aliphatic carbocycles. The molecule has 1 fully saturated rings. The first kappa shape index (κ1) is 15.3. The van der Waals surface area contributed by atoms with E-state index in [0.717, 1.165) is 31.6 Å². The van der Waals surface area contributed by atoms with Crippen LogP contribution in [0.1, 0.15) is 46.0 Å². The van der Waals surface area contributed by atoms with Crippen molar-refractivity contribution >= 4 is 21.6 Å². The first-order valence-electron chi connectivity index (χ1n) is 6.52. The van der Waals surface area contributed by atoms with Crippen LogP contribution in [0.3, 0.4) is 0 Å². The Morgan fingerprint density at radius 1 is 1.29 bits per heavy atom. The van der Waals surface area contributed by atoms with E-state index >= 15 is 0 Å². The molecule has 0 bridgehead atoms. The van der Waals surface area contributed by atoms with Crippen molar-refractivity contribution in [1.29, 1.82) is 0 Å². The summed E-state index contributed by atoms with van der Waals surface area (Å²) >= 11 is 5.65. The minimum Gasteiger partial charge on any atom is -0.212 e. The van der Waals surface area contributed by atoms with Crippen LogP contribution in [0.4, 0.5) is 0 Å². The Bertz CT molecular complexity index is 310. The molecule has 1 atom stereocenters. The fourth-order valence-corrected chi connectivity index (χ4v) is 4.35. The van der Waals surface area contributed by atoms with Crippen molar-refractivity contribution in [3.8, 4) is 0 Å². The Morgan fingerprint density at radius 2 is 1.88 bits per heavy atom. The van der Waals surface area contributed by atoms with Crippen LogP contribution in [0, 0.1) is 11.8 Å². The van der Waals surface area contributed by atoms with Crippen LogP contribution in [0.25, 0.3) is 0 Å². The van der Waals surface area contributed by atoms with Gasteiger partial charge >= 0.3 is 0 Å². The molecule has 5 heteroatoms. The molecule has 1 aliphatic rings. The van der Waals surface area contributed by atoms with Gasteiger partial charge in [0.15, 0.2) is 0 Å². The zero-order chi connectivity index (χ0) is 12.9. The summed E-state index contributed by atoms with van der Waals surface area (Å²) in [7, 11) is -3.15. The van der Waals surface area contributed by atoms with E-state index in [-0.39, 0.29) is 17.7 Å². The van der Waals surface area contributed by atoms with Crippen molar-refractivity contribution in [2.24, 2.45) is 11.8 Å². The fraction of sp³-hybridized carbons (Fsp3) is 1.00. The monoisotopic (exact) mass is 281 g/mol. The average Bonchev–Trinajstić information content (AvgIpc) is 2.28. The summed E-state index contributed by atoms with van der Waals surface area (Å²) in [6.45, 7) is 4.07. The predicted molar refractivity (Wildman–Crippen MR) is 72.8 cm³/mol. The van der Waals surface area contributed by atoms with Crippen molar-refractivity contribution < 1.29 is 8.42 Å². The Labute approximate surface area is 110 Å². The predicted octanol–water partition coefficient (Wildman–Crippen LogP) is 2.75. The summed E-state index contributed by atoms with van der Waals surface area (Å²) in [5.74, 6) is 1.34. The van der Waals surface area contributed by atoms with Crippen molar-refractivity contribution in [2.45, 2.75) is 52.0 Å². The molecule has 1 saturated carbocycles. The maximum Gasteiger partial charge on any atom is 0.212 e. The zero-order valence-electron chi connectivity index (χ0n) is 10.8. The van der Waals surface area contributed by atoms with Crippen LogP contribution in [0.2, 0.25) is 0 Å². The highest BCUT2D eigenvalue weighted by Gasteiger charge is 2.24. The molecular weight excluding hydrogens is 258 g/mol. The van der Waals surface area contributed by atoms with Gasteiger partial charge in [-0.05, 0) is 37.5 Å². The third kappa shape index (κ3) is 5.58. The molecular formula is C12H24ClNO2S. The number of hydrogen-bond acceptors (Lipinski definition) is 2. The summed E-state index contributed by atoms with van der Waals surface area (Å²) in [4.78, 5) is 0. The van der Waals surface area contributed by atoms with E-state index in [1.165, 1.54) is 6.42 Å². The largest absolute Gasteiger partial charge is 0.212 e. The molecule has 1 N–H and O–H groups in total. The standard InChI is InChI=1S/C12H24ClNO2S/c1-3-11-4-6-12(7-5-11)14-17(15,16)9-10(2)8-13/h10-12,14H,3-9H2,1-2H3. The number of rotatable bonds is 6. The maximum atomic E-state index is 11.8. The molecule has 1 unspecified atom stereocenters. The minimum absolute atomic E-state index is 0.0150. The summed E-state index contributed by atoms with van der Waals surface area (Å²) in [6, 6.07) is 0.144. The summed E-state index contributed by atoms with van der Waals surface area (Å²) in [5, 5.41) is 0. The Kier molecular flexibility index (Phi) is 6.24. The van der Waals surface area contributed by atoms with Crippen LogP contribution in [0.5, 0.6) is 0 Å². The number of alkyl halides is 1. The first-order chi connectivity index (χ1) is 7.96. The van der Waals surface area contributed by atoms with Gasteiger partial charge in [0.05, 0.1) is 5.75 Å². The lowest BCUT2D eigenvalue weighted by atomic mass is 9.85. The fourth-order valence-electron chi connectivity index (χ4n) is 2.41. The minimum atomic E-state index is -3.15. The number of sulfonamides is 1. The average molecular weight is 282 g/mol. The maximum absolute atomic E-state index is 11.8. The lowest BCUT2D eigenvalue weighted by Crippen LogP contribution is -2.40. The van der Waals surface area contributed by atoms with E-state index in [4.69, 9.17) is 11.6 Å². The van der Waals surface area contributed by atoms with E-state index in [1.807, 2.05) is 6.92 Å². The van der Waals surface area contributed by atoms with Gasteiger partial charge in [-0.2, -0.15) is 0 Å². The zero-order valence-corrected chi connectivity index (χ0v) is 12.4. The molecule has 3 nitrogen and oxygen atoms in total. The smallest absolute Gasteiger partial charge is 0.212 e. The van der Waals surface area contributed by atoms with Gasteiger partial charge in [-0.15, -0.1) is 11.6 Å². The highest BCUT2D eigenvalue weighted by Crippen LogP contribution is 2.26. The van der Waals surface area contributed by atoms with Gasteiger partial charge in [-0.25, -0.2) is 13.1 Å². The van der Waals surface area contributed by atoms with Crippen LogP contribution < -0.4 is 4.72 Å². The highest BCUT2D eigenvalue weighted by atomic mass is 35.5. The van der Waals surface area contributed by atoms with Crippen molar-refractivity contribution in [2.75, 3.05) is 11.6 Å². The van der Waals surface area contributed by atoms with Gasteiger partial charge in [0, 0.05) is 11.9 Å². The molecule has 0 amide bonds. The van der Waals surface area contributed by atoms with E-state index in [0.29, 0.717) is 5.88 Å². The molecule has 0 aromatic carbocycles. The molecule has 17 heavy (non-hydrogen) atoms. The van der Waals surface area contributed by atoms with E-state index in [2.05, 4.69) is 11.6 Å². The SMILES string of the molecule is CCC1CCC(NS(=O)(=O)CC(C)CCl)CC1. The highest BCUT2D eigenvalue weighted by molar-refractivity contribution is 7.89. The van der Waals surface area contributed by atoms with Crippen LogP contribution in [-0.4, -0.2) is 26.1 Å². The molecule has 1 rings (SSSR count). The van der Waals surface area contributed by atoms with Crippen LogP contribution >= 0.6 is 11.6 Å². The molecule has 0 aromatic rings. The second-order valence-electron chi connectivity index (χ2n) is 5.28. The van der Waals surface area contributed by atoms with Gasteiger partial charge in [-0.1, -0.05) is 20.3 Å². The Morgan fingerprint density at radius 3 is 2.35 bits per heavy atom. The van der Waals surface area contributed by atoms with Gasteiger partial charge in [0.1, 0.15) is 0 Å². The van der Waals surface area contributed by atoms with Crippen molar-refractivity contribution in [3.63, 3.8) is 0 Å². The van der Waals surface area contributed by atoms with E-state index in [9.17, 15) is 8.42 Å². The number of halogens is 1. The molecule has 0 aromatic heterocycles. The van der Waals surface area contributed by atoms with Crippen LogP contribution in [-0.2, 0) is 10.0 Å². The lowest BCUT2D eigenvalue weighted by Gasteiger charge is -2.28. The molecule has 0 spiro atoms. The van der Waals surface area contributed by atoms with Gasteiger partial charge in [0.25, 0.3) is 0 Å².